The van der Waals surface area contributed by atoms with Crippen molar-refractivity contribution >= 4 is 12.6 Å². The van der Waals surface area contributed by atoms with Crippen LogP contribution in [0.4, 0.5) is 0 Å². The van der Waals surface area contributed by atoms with Gasteiger partial charge in [0, 0.05) is 5.75 Å². The predicted molar refractivity (Wildman–Crippen MR) is 54.2 cm³/mol. The second-order valence-electron chi connectivity index (χ2n) is 4.15. The first-order valence-electron chi connectivity index (χ1n) is 4.38. The van der Waals surface area contributed by atoms with Gasteiger partial charge in [0.25, 0.3) is 0 Å². The molecule has 0 N–H and O–H groups in total. The van der Waals surface area contributed by atoms with E-state index in [0.717, 1.165) is 5.75 Å². The number of thiol groups is 1. The average molecular weight is 170 g/mol. The average Bonchev–Trinajstić information content (AvgIpc) is 1.86. The van der Waals surface area contributed by atoms with E-state index >= 15 is 0 Å². The second kappa shape index (κ2) is 3.22. The maximum atomic E-state index is 4.38. The highest BCUT2D eigenvalue weighted by Crippen LogP contribution is 2.40. The SMILES string of the molecule is CC1=C(CS)C(C)(C)CCC1. The Morgan fingerprint density at radius 2 is 2.09 bits per heavy atom. The van der Waals surface area contributed by atoms with E-state index in [1.165, 1.54) is 19.3 Å². The molecule has 0 aromatic heterocycles. The van der Waals surface area contributed by atoms with Gasteiger partial charge in [0.05, 0.1) is 0 Å². The molecular formula is C10H18S. The summed E-state index contributed by atoms with van der Waals surface area (Å²) in [4.78, 5) is 0. The highest BCUT2D eigenvalue weighted by molar-refractivity contribution is 7.80. The maximum absolute atomic E-state index is 4.38. The Morgan fingerprint density at radius 1 is 1.45 bits per heavy atom. The van der Waals surface area contributed by atoms with E-state index in [1.54, 1.807) is 11.1 Å². The van der Waals surface area contributed by atoms with Crippen LogP contribution >= 0.6 is 12.6 Å². The fourth-order valence-electron chi connectivity index (χ4n) is 2.02. The van der Waals surface area contributed by atoms with Crippen molar-refractivity contribution in [2.75, 3.05) is 5.75 Å². The summed E-state index contributed by atoms with van der Waals surface area (Å²) in [6, 6.07) is 0. The third-order valence-corrected chi connectivity index (χ3v) is 3.16. The van der Waals surface area contributed by atoms with Crippen LogP contribution in [-0.4, -0.2) is 5.75 Å². The quantitative estimate of drug-likeness (QED) is 0.452. The number of hydrogen-bond acceptors (Lipinski definition) is 1. The first kappa shape index (κ1) is 9.18. The standard InChI is InChI=1S/C10H18S/c1-8-5-4-6-10(2,3)9(8)7-11/h11H,4-7H2,1-3H3. The lowest BCUT2D eigenvalue weighted by atomic mass is 9.73. The number of rotatable bonds is 1. The fraction of sp³-hybridized carbons (Fsp3) is 0.800. The van der Waals surface area contributed by atoms with Crippen LogP contribution in [0.3, 0.4) is 0 Å². The normalized spacial score (nSPS) is 24.0. The highest BCUT2D eigenvalue weighted by Gasteiger charge is 2.26. The Morgan fingerprint density at radius 3 is 2.45 bits per heavy atom. The lowest BCUT2D eigenvalue weighted by Gasteiger charge is -2.33. The van der Waals surface area contributed by atoms with Crippen molar-refractivity contribution in [2.45, 2.75) is 40.0 Å². The Hall–Kier alpha value is 0.0900. The molecule has 64 valence electrons. The van der Waals surface area contributed by atoms with E-state index < -0.39 is 0 Å². The maximum Gasteiger partial charge on any atom is 0.0120 e. The van der Waals surface area contributed by atoms with Crippen LogP contribution in [0.2, 0.25) is 0 Å². The number of allylic oxidation sites excluding steroid dienone is 1. The van der Waals surface area contributed by atoms with Crippen LogP contribution in [0.1, 0.15) is 40.0 Å². The zero-order chi connectivity index (χ0) is 8.48. The minimum absolute atomic E-state index is 0.421. The van der Waals surface area contributed by atoms with E-state index in [2.05, 4.69) is 33.4 Å². The molecule has 0 saturated heterocycles. The van der Waals surface area contributed by atoms with Crippen molar-refractivity contribution in [1.29, 1.82) is 0 Å². The van der Waals surface area contributed by atoms with Gasteiger partial charge in [0.1, 0.15) is 0 Å². The van der Waals surface area contributed by atoms with Gasteiger partial charge in [-0.3, -0.25) is 0 Å². The van der Waals surface area contributed by atoms with Gasteiger partial charge in [-0.1, -0.05) is 25.0 Å². The lowest BCUT2D eigenvalue weighted by molar-refractivity contribution is 0.369. The molecule has 0 nitrogen and oxygen atoms in total. The summed E-state index contributed by atoms with van der Waals surface area (Å²) in [5, 5.41) is 0. The van der Waals surface area contributed by atoms with Gasteiger partial charge in [-0.15, -0.1) is 0 Å². The van der Waals surface area contributed by atoms with Crippen molar-refractivity contribution in [3.8, 4) is 0 Å². The molecule has 0 fully saturated rings. The van der Waals surface area contributed by atoms with Crippen LogP contribution in [0.5, 0.6) is 0 Å². The Labute approximate surface area is 75.5 Å². The summed E-state index contributed by atoms with van der Waals surface area (Å²) < 4.78 is 0. The fourth-order valence-corrected chi connectivity index (χ4v) is 2.72. The zero-order valence-corrected chi connectivity index (χ0v) is 8.67. The zero-order valence-electron chi connectivity index (χ0n) is 7.78. The first-order valence-corrected chi connectivity index (χ1v) is 5.01. The molecule has 1 aliphatic rings. The van der Waals surface area contributed by atoms with Crippen LogP contribution in [0.15, 0.2) is 11.1 Å². The molecule has 0 spiro atoms. The monoisotopic (exact) mass is 170 g/mol. The van der Waals surface area contributed by atoms with E-state index in [4.69, 9.17) is 0 Å². The predicted octanol–water partition coefficient (Wildman–Crippen LogP) is 3.44. The van der Waals surface area contributed by atoms with Crippen molar-refractivity contribution < 1.29 is 0 Å². The van der Waals surface area contributed by atoms with Gasteiger partial charge in [-0.05, 0) is 31.6 Å². The van der Waals surface area contributed by atoms with Crippen LogP contribution in [0, 0.1) is 5.41 Å². The summed E-state index contributed by atoms with van der Waals surface area (Å²) in [6.07, 6.45) is 3.98. The summed E-state index contributed by atoms with van der Waals surface area (Å²) in [5.74, 6) is 0.943. The van der Waals surface area contributed by atoms with E-state index in [0.29, 0.717) is 5.41 Å². The Kier molecular flexibility index (Phi) is 2.69. The van der Waals surface area contributed by atoms with Crippen molar-refractivity contribution in [3.63, 3.8) is 0 Å². The molecule has 0 aliphatic heterocycles. The van der Waals surface area contributed by atoms with Gasteiger partial charge in [-0.25, -0.2) is 0 Å². The largest absolute Gasteiger partial charge is 0.175 e. The van der Waals surface area contributed by atoms with Gasteiger partial charge in [0.2, 0.25) is 0 Å². The van der Waals surface area contributed by atoms with Crippen molar-refractivity contribution in [2.24, 2.45) is 5.41 Å². The first-order chi connectivity index (χ1) is 5.08. The third kappa shape index (κ3) is 1.81. The molecule has 0 unspecified atom stereocenters. The molecule has 0 aromatic rings. The van der Waals surface area contributed by atoms with E-state index in [9.17, 15) is 0 Å². The molecule has 0 bridgehead atoms. The molecule has 0 heterocycles. The number of hydrogen-bond donors (Lipinski definition) is 1. The Bertz CT molecular complexity index is 177. The smallest absolute Gasteiger partial charge is 0.0120 e. The van der Waals surface area contributed by atoms with Crippen LogP contribution < -0.4 is 0 Å². The molecule has 1 rings (SSSR count). The molecule has 0 radical (unpaired) electrons. The highest BCUT2D eigenvalue weighted by atomic mass is 32.1. The minimum atomic E-state index is 0.421. The van der Waals surface area contributed by atoms with E-state index in [-0.39, 0.29) is 0 Å². The Balaban J connectivity index is 2.92. The van der Waals surface area contributed by atoms with Crippen molar-refractivity contribution in [1.82, 2.24) is 0 Å². The summed E-state index contributed by atoms with van der Waals surface area (Å²) in [5.41, 5.74) is 3.58. The molecular weight excluding hydrogens is 152 g/mol. The molecule has 1 aliphatic carbocycles. The van der Waals surface area contributed by atoms with Crippen molar-refractivity contribution in [3.05, 3.63) is 11.1 Å². The molecule has 0 atom stereocenters. The molecule has 0 aromatic carbocycles. The molecule has 11 heavy (non-hydrogen) atoms. The molecule has 0 saturated carbocycles. The van der Waals surface area contributed by atoms with Crippen LogP contribution in [-0.2, 0) is 0 Å². The summed E-state index contributed by atoms with van der Waals surface area (Å²) in [7, 11) is 0. The summed E-state index contributed by atoms with van der Waals surface area (Å²) in [6.45, 7) is 6.93. The minimum Gasteiger partial charge on any atom is -0.175 e. The van der Waals surface area contributed by atoms with Gasteiger partial charge in [0.15, 0.2) is 0 Å². The van der Waals surface area contributed by atoms with E-state index in [1.807, 2.05) is 0 Å². The molecule has 0 amide bonds. The van der Waals surface area contributed by atoms with Gasteiger partial charge in [-0.2, -0.15) is 12.6 Å². The van der Waals surface area contributed by atoms with Crippen LogP contribution in [0.25, 0.3) is 0 Å². The second-order valence-corrected chi connectivity index (χ2v) is 4.47. The lowest BCUT2D eigenvalue weighted by Crippen LogP contribution is -2.21. The summed E-state index contributed by atoms with van der Waals surface area (Å²) >= 11 is 4.38. The molecule has 1 heteroatoms. The third-order valence-electron chi connectivity index (χ3n) is 2.84. The van der Waals surface area contributed by atoms with Gasteiger partial charge >= 0.3 is 0 Å². The van der Waals surface area contributed by atoms with Gasteiger partial charge < -0.3 is 0 Å². The topological polar surface area (TPSA) is 0 Å².